The first kappa shape index (κ1) is 14.4. The van der Waals surface area contributed by atoms with Crippen molar-refractivity contribution in [3.8, 4) is 0 Å². The molecule has 0 aromatic rings. The van der Waals surface area contributed by atoms with Crippen molar-refractivity contribution in [3.63, 3.8) is 0 Å². The Labute approximate surface area is 93.2 Å². The Morgan fingerprint density at radius 3 is 2.33 bits per heavy atom. The predicted molar refractivity (Wildman–Crippen MR) is 63.9 cm³/mol. The highest BCUT2D eigenvalue weighted by Gasteiger charge is 1.94. The van der Waals surface area contributed by atoms with Crippen molar-refractivity contribution in [1.82, 2.24) is 16.0 Å². The van der Waals surface area contributed by atoms with Crippen LogP contribution < -0.4 is 16.0 Å². The van der Waals surface area contributed by atoms with Crippen LogP contribution in [0.1, 0.15) is 32.6 Å². The van der Waals surface area contributed by atoms with Gasteiger partial charge in [-0.05, 0) is 45.9 Å². The molecule has 4 nitrogen and oxygen atoms in total. The Balaban J connectivity index is 2.95. The first-order valence-electron chi connectivity index (χ1n) is 5.93. The van der Waals surface area contributed by atoms with Crippen LogP contribution in [0.5, 0.6) is 0 Å². The third kappa shape index (κ3) is 11.3. The van der Waals surface area contributed by atoms with E-state index in [4.69, 9.17) is 0 Å². The van der Waals surface area contributed by atoms with Crippen LogP contribution in [0.15, 0.2) is 0 Å². The third-order valence-electron chi connectivity index (χ3n) is 2.20. The molecule has 1 amide bonds. The van der Waals surface area contributed by atoms with Gasteiger partial charge in [-0.1, -0.05) is 6.92 Å². The van der Waals surface area contributed by atoms with Crippen LogP contribution in [0.25, 0.3) is 0 Å². The van der Waals surface area contributed by atoms with Gasteiger partial charge < -0.3 is 16.0 Å². The fraction of sp³-hybridized carbons (Fsp3) is 0.909. The minimum absolute atomic E-state index is 0.143. The van der Waals surface area contributed by atoms with Gasteiger partial charge in [0.2, 0.25) is 5.91 Å². The molecule has 0 rings (SSSR count). The SMILES string of the molecule is CCC(=O)NCCCNCCCCNC. The average molecular weight is 215 g/mol. The smallest absolute Gasteiger partial charge is 0.219 e. The third-order valence-corrected chi connectivity index (χ3v) is 2.20. The zero-order valence-corrected chi connectivity index (χ0v) is 10.1. The molecule has 0 heterocycles. The lowest BCUT2D eigenvalue weighted by atomic mass is 10.3. The van der Waals surface area contributed by atoms with E-state index in [1.54, 1.807) is 0 Å². The number of nitrogens with one attached hydrogen (secondary N) is 3. The Morgan fingerprint density at radius 2 is 1.67 bits per heavy atom. The number of rotatable bonds is 10. The maximum atomic E-state index is 10.9. The molecule has 0 bridgehead atoms. The van der Waals surface area contributed by atoms with Gasteiger partial charge in [0.25, 0.3) is 0 Å². The van der Waals surface area contributed by atoms with E-state index in [0.717, 1.165) is 32.6 Å². The highest BCUT2D eigenvalue weighted by molar-refractivity contribution is 5.75. The number of hydrogen-bond acceptors (Lipinski definition) is 3. The number of hydrogen-bond donors (Lipinski definition) is 3. The van der Waals surface area contributed by atoms with E-state index in [2.05, 4.69) is 16.0 Å². The van der Waals surface area contributed by atoms with Crippen molar-refractivity contribution < 1.29 is 4.79 Å². The molecule has 0 spiro atoms. The summed E-state index contributed by atoms with van der Waals surface area (Å²) in [5, 5.41) is 9.33. The van der Waals surface area contributed by atoms with E-state index in [9.17, 15) is 4.79 Å². The highest BCUT2D eigenvalue weighted by Crippen LogP contribution is 1.84. The Hall–Kier alpha value is -0.610. The van der Waals surface area contributed by atoms with E-state index in [1.807, 2.05) is 14.0 Å². The van der Waals surface area contributed by atoms with E-state index in [0.29, 0.717) is 6.42 Å². The topological polar surface area (TPSA) is 53.2 Å². The summed E-state index contributed by atoms with van der Waals surface area (Å²) >= 11 is 0. The molecule has 0 fully saturated rings. The largest absolute Gasteiger partial charge is 0.356 e. The fourth-order valence-corrected chi connectivity index (χ4v) is 1.24. The molecule has 0 aliphatic rings. The summed E-state index contributed by atoms with van der Waals surface area (Å²) < 4.78 is 0. The van der Waals surface area contributed by atoms with Crippen LogP contribution in [0, 0.1) is 0 Å². The summed E-state index contributed by atoms with van der Waals surface area (Å²) in [5.74, 6) is 0.143. The number of carbonyl (C=O) groups excluding carboxylic acids is 1. The van der Waals surface area contributed by atoms with Crippen LogP contribution in [0.2, 0.25) is 0 Å². The zero-order chi connectivity index (χ0) is 11.4. The molecule has 0 radical (unpaired) electrons. The average Bonchev–Trinajstić information content (AvgIpc) is 2.26. The molecule has 0 aliphatic heterocycles. The molecule has 0 saturated heterocycles. The van der Waals surface area contributed by atoms with Gasteiger partial charge in [0, 0.05) is 13.0 Å². The Morgan fingerprint density at radius 1 is 1.00 bits per heavy atom. The molecule has 0 unspecified atom stereocenters. The fourth-order valence-electron chi connectivity index (χ4n) is 1.24. The van der Waals surface area contributed by atoms with Gasteiger partial charge in [-0.2, -0.15) is 0 Å². The van der Waals surface area contributed by atoms with E-state index in [1.165, 1.54) is 12.8 Å². The van der Waals surface area contributed by atoms with Crippen molar-refractivity contribution in [3.05, 3.63) is 0 Å². The Kier molecular flexibility index (Phi) is 11.0. The minimum atomic E-state index is 0.143. The Bertz CT molecular complexity index is 151. The monoisotopic (exact) mass is 215 g/mol. The lowest BCUT2D eigenvalue weighted by molar-refractivity contribution is -0.120. The van der Waals surface area contributed by atoms with Crippen molar-refractivity contribution in [2.24, 2.45) is 0 Å². The molecule has 0 atom stereocenters. The molecule has 0 aromatic heterocycles. The first-order chi connectivity index (χ1) is 7.31. The van der Waals surface area contributed by atoms with Crippen LogP contribution >= 0.6 is 0 Å². The highest BCUT2D eigenvalue weighted by atomic mass is 16.1. The number of amides is 1. The summed E-state index contributed by atoms with van der Waals surface area (Å²) in [6.07, 6.45) is 4.02. The van der Waals surface area contributed by atoms with E-state index in [-0.39, 0.29) is 5.91 Å². The normalized spacial score (nSPS) is 10.3. The molecular formula is C11H25N3O. The molecule has 90 valence electrons. The molecule has 0 aliphatic carbocycles. The van der Waals surface area contributed by atoms with Crippen LogP contribution in [-0.4, -0.2) is 39.1 Å². The number of unbranched alkanes of at least 4 members (excludes halogenated alkanes) is 1. The molecule has 0 aromatic carbocycles. The standard InChI is InChI=1S/C11H25N3O/c1-3-11(15)14-10-6-9-13-8-5-4-7-12-2/h12-13H,3-10H2,1-2H3,(H,14,15). The molecule has 4 heteroatoms. The van der Waals surface area contributed by atoms with Crippen LogP contribution in [0.4, 0.5) is 0 Å². The summed E-state index contributed by atoms with van der Waals surface area (Å²) in [6, 6.07) is 0. The molecule has 0 saturated carbocycles. The predicted octanol–water partition coefficient (Wildman–Crippen LogP) is 0.492. The van der Waals surface area contributed by atoms with Gasteiger partial charge in [-0.15, -0.1) is 0 Å². The lowest BCUT2D eigenvalue weighted by Gasteiger charge is -2.05. The minimum Gasteiger partial charge on any atom is -0.356 e. The second-order valence-corrected chi connectivity index (χ2v) is 3.62. The maximum absolute atomic E-state index is 10.9. The van der Waals surface area contributed by atoms with E-state index < -0.39 is 0 Å². The van der Waals surface area contributed by atoms with Crippen molar-refractivity contribution in [2.75, 3.05) is 33.2 Å². The van der Waals surface area contributed by atoms with Crippen molar-refractivity contribution in [2.45, 2.75) is 32.6 Å². The summed E-state index contributed by atoms with van der Waals surface area (Å²) in [5.41, 5.74) is 0. The van der Waals surface area contributed by atoms with Gasteiger partial charge in [-0.3, -0.25) is 4.79 Å². The summed E-state index contributed by atoms with van der Waals surface area (Å²) in [6.45, 7) is 5.81. The summed E-state index contributed by atoms with van der Waals surface area (Å²) in [7, 11) is 1.98. The number of carbonyl (C=O) groups is 1. The van der Waals surface area contributed by atoms with E-state index >= 15 is 0 Å². The van der Waals surface area contributed by atoms with Crippen LogP contribution in [-0.2, 0) is 4.79 Å². The lowest BCUT2D eigenvalue weighted by Crippen LogP contribution is -2.27. The maximum Gasteiger partial charge on any atom is 0.219 e. The molecule has 3 N–H and O–H groups in total. The van der Waals surface area contributed by atoms with Gasteiger partial charge in [0.1, 0.15) is 0 Å². The second-order valence-electron chi connectivity index (χ2n) is 3.62. The molecule has 15 heavy (non-hydrogen) atoms. The van der Waals surface area contributed by atoms with Gasteiger partial charge >= 0.3 is 0 Å². The zero-order valence-electron chi connectivity index (χ0n) is 10.1. The molecular weight excluding hydrogens is 190 g/mol. The van der Waals surface area contributed by atoms with Crippen LogP contribution in [0.3, 0.4) is 0 Å². The van der Waals surface area contributed by atoms with Crippen molar-refractivity contribution >= 4 is 5.91 Å². The second kappa shape index (κ2) is 11.5. The van der Waals surface area contributed by atoms with Crippen molar-refractivity contribution in [1.29, 1.82) is 0 Å². The quantitative estimate of drug-likeness (QED) is 0.465. The van der Waals surface area contributed by atoms with Gasteiger partial charge in [-0.25, -0.2) is 0 Å². The first-order valence-corrected chi connectivity index (χ1v) is 5.93. The van der Waals surface area contributed by atoms with Gasteiger partial charge in [0.05, 0.1) is 0 Å². The summed E-state index contributed by atoms with van der Waals surface area (Å²) in [4.78, 5) is 10.9. The van der Waals surface area contributed by atoms with Gasteiger partial charge in [0.15, 0.2) is 0 Å².